The van der Waals surface area contributed by atoms with Crippen LogP contribution in [-0.2, 0) is 14.3 Å². The molecule has 2 rings (SSSR count). The van der Waals surface area contributed by atoms with Crippen LogP contribution >= 0.6 is 0 Å². The predicted octanol–water partition coefficient (Wildman–Crippen LogP) is 2.76. The fourth-order valence-corrected chi connectivity index (χ4v) is 2.29. The van der Waals surface area contributed by atoms with Gasteiger partial charge < -0.3 is 14.5 Å². The number of fused-ring (bicyclic) bond motifs is 1. The molecule has 0 aliphatic carbocycles. The Balaban J connectivity index is 2.74. The lowest BCUT2D eigenvalue weighted by atomic mass is 10.0. The van der Waals surface area contributed by atoms with Gasteiger partial charge in [0.05, 0.1) is 14.2 Å². The van der Waals surface area contributed by atoms with E-state index in [9.17, 15) is 9.59 Å². The third-order valence-electron chi connectivity index (χ3n) is 3.39. The molecule has 0 aliphatic heterocycles. The SMILES string of the molecule is COC(=O)/C=C/c1c(C(=O)OC)[nH]c2c(C)ccc(C)c12. The van der Waals surface area contributed by atoms with E-state index < -0.39 is 11.9 Å². The maximum atomic E-state index is 11.9. The number of esters is 2. The first-order valence-electron chi connectivity index (χ1n) is 6.45. The van der Waals surface area contributed by atoms with E-state index in [1.807, 2.05) is 26.0 Å². The number of aromatic amines is 1. The van der Waals surface area contributed by atoms with Gasteiger partial charge in [-0.15, -0.1) is 0 Å². The fourth-order valence-electron chi connectivity index (χ4n) is 2.29. The van der Waals surface area contributed by atoms with E-state index in [0.29, 0.717) is 11.3 Å². The number of aryl methyl sites for hydroxylation is 2. The molecule has 1 aromatic heterocycles. The van der Waals surface area contributed by atoms with Gasteiger partial charge in [-0.25, -0.2) is 9.59 Å². The number of nitrogens with one attached hydrogen (secondary N) is 1. The lowest BCUT2D eigenvalue weighted by molar-refractivity contribution is -0.134. The number of carbonyl (C=O) groups excluding carboxylic acids is 2. The van der Waals surface area contributed by atoms with E-state index in [2.05, 4.69) is 9.72 Å². The Bertz CT molecular complexity index is 740. The van der Waals surface area contributed by atoms with Crippen molar-refractivity contribution in [3.63, 3.8) is 0 Å². The molecule has 110 valence electrons. The maximum Gasteiger partial charge on any atom is 0.355 e. The third kappa shape index (κ3) is 2.67. The second-order valence-corrected chi connectivity index (χ2v) is 4.71. The summed E-state index contributed by atoms with van der Waals surface area (Å²) in [4.78, 5) is 26.3. The largest absolute Gasteiger partial charge is 0.466 e. The van der Waals surface area contributed by atoms with Gasteiger partial charge in [0, 0.05) is 22.5 Å². The molecule has 0 amide bonds. The van der Waals surface area contributed by atoms with Crippen LogP contribution in [0.1, 0.15) is 27.2 Å². The Hall–Kier alpha value is -2.56. The van der Waals surface area contributed by atoms with Crippen LogP contribution in [0.3, 0.4) is 0 Å². The van der Waals surface area contributed by atoms with Gasteiger partial charge in [0.2, 0.25) is 0 Å². The lowest BCUT2D eigenvalue weighted by Gasteiger charge is -2.01. The first-order chi connectivity index (χ1) is 9.99. The maximum absolute atomic E-state index is 11.9. The van der Waals surface area contributed by atoms with Crippen LogP contribution in [0, 0.1) is 13.8 Å². The molecule has 5 nitrogen and oxygen atoms in total. The predicted molar refractivity (Wildman–Crippen MR) is 80.2 cm³/mol. The van der Waals surface area contributed by atoms with Crippen molar-refractivity contribution in [3.05, 3.63) is 40.6 Å². The molecule has 0 saturated carbocycles. The van der Waals surface area contributed by atoms with Crippen molar-refractivity contribution in [2.75, 3.05) is 14.2 Å². The van der Waals surface area contributed by atoms with Crippen LogP contribution < -0.4 is 0 Å². The van der Waals surface area contributed by atoms with Crippen molar-refractivity contribution in [2.45, 2.75) is 13.8 Å². The van der Waals surface area contributed by atoms with Gasteiger partial charge in [0.1, 0.15) is 5.69 Å². The van der Waals surface area contributed by atoms with E-state index in [1.54, 1.807) is 6.08 Å². The molecule has 0 bridgehead atoms. The zero-order chi connectivity index (χ0) is 15.6. The molecule has 0 aliphatic rings. The molecule has 21 heavy (non-hydrogen) atoms. The molecule has 5 heteroatoms. The number of hydrogen-bond acceptors (Lipinski definition) is 4. The van der Waals surface area contributed by atoms with Gasteiger partial charge in [0.15, 0.2) is 0 Å². The van der Waals surface area contributed by atoms with Gasteiger partial charge in [-0.3, -0.25) is 0 Å². The highest BCUT2D eigenvalue weighted by atomic mass is 16.5. The average molecular weight is 287 g/mol. The number of H-pyrrole nitrogens is 1. The summed E-state index contributed by atoms with van der Waals surface area (Å²) in [6, 6.07) is 3.95. The Morgan fingerprint density at radius 1 is 1.10 bits per heavy atom. The molecule has 1 aromatic carbocycles. The van der Waals surface area contributed by atoms with Gasteiger partial charge in [-0.1, -0.05) is 12.1 Å². The van der Waals surface area contributed by atoms with Gasteiger partial charge in [0.25, 0.3) is 0 Å². The minimum Gasteiger partial charge on any atom is -0.466 e. The van der Waals surface area contributed by atoms with E-state index in [4.69, 9.17) is 4.74 Å². The van der Waals surface area contributed by atoms with Gasteiger partial charge in [-0.2, -0.15) is 0 Å². The van der Waals surface area contributed by atoms with Gasteiger partial charge in [-0.05, 0) is 31.1 Å². The molecule has 0 unspecified atom stereocenters. The second-order valence-electron chi connectivity index (χ2n) is 4.71. The Morgan fingerprint density at radius 2 is 1.76 bits per heavy atom. The number of benzene rings is 1. The minimum absolute atomic E-state index is 0.324. The summed E-state index contributed by atoms with van der Waals surface area (Å²) in [6.45, 7) is 3.90. The monoisotopic (exact) mass is 287 g/mol. The molecule has 0 saturated heterocycles. The highest BCUT2D eigenvalue weighted by molar-refractivity contribution is 6.05. The summed E-state index contributed by atoms with van der Waals surface area (Å²) >= 11 is 0. The molecular formula is C16H17NO4. The number of methoxy groups -OCH3 is 2. The summed E-state index contributed by atoms with van der Waals surface area (Å²) in [5.74, 6) is -0.958. The zero-order valence-corrected chi connectivity index (χ0v) is 12.4. The second kappa shape index (κ2) is 5.83. The van der Waals surface area contributed by atoms with Crippen LogP contribution in [0.4, 0.5) is 0 Å². The third-order valence-corrected chi connectivity index (χ3v) is 3.39. The molecule has 0 fully saturated rings. The van der Waals surface area contributed by atoms with Crippen molar-refractivity contribution in [1.82, 2.24) is 4.98 Å². The van der Waals surface area contributed by atoms with E-state index in [0.717, 1.165) is 22.0 Å². The van der Waals surface area contributed by atoms with E-state index >= 15 is 0 Å². The highest BCUT2D eigenvalue weighted by Gasteiger charge is 2.19. The number of aromatic nitrogens is 1. The lowest BCUT2D eigenvalue weighted by Crippen LogP contribution is -2.03. The van der Waals surface area contributed by atoms with Crippen molar-refractivity contribution < 1.29 is 19.1 Å². The fraction of sp³-hybridized carbons (Fsp3) is 0.250. The number of hydrogen-bond donors (Lipinski definition) is 1. The topological polar surface area (TPSA) is 68.4 Å². The van der Waals surface area contributed by atoms with Crippen molar-refractivity contribution in [2.24, 2.45) is 0 Å². The molecule has 1 heterocycles. The first kappa shape index (κ1) is 14.8. The summed E-state index contributed by atoms with van der Waals surface area (Å²) in [7, 11) is 2.62. The van der Waals surface area contributed by atoms with Crippen molar-refractivity contribution in [1.29, 1.82) is 0 Å². The smallest absolute Gasteiger partial charge is 0.355 e. The molecule has 0 radical (unpaired) electrons. The molecule has 2 aromatic rings. The molecule has 0 atom stereocenters. The molecular weight excluding hydrogens is 270 g/mol. The van der Waals surface area contributed by atoms with E-state index in [1.165, 1.54) is 20.3 Å². The van der Waals surface area contributed by atoms with Gasteiger partial charge >= 0.3 is 11.9 Å². The summed E-state index contributed by atoms with van der Waals surface area (Å²) in [5, 5.41) is 0.899. The summed E-state index contributed by atoms with van der Waals surface area (Å²) in [6.07, 6.45) is 2.86. The normalized spacial score (nSPS) is 11.0. The Kier molecular flexibility index (Phi) is 4.12. The number of ether oxygens (including phenoxy) is 2. The zero-order valence-electron chi connectivity index (χ0n) is 12.4. The van der Waals surface area contributed by atoms with Crippen LogP contribution in [0.25, 0.3) is 17.0 Å². The molecule has 0 spiro atoms. The Labute approximate surface area is 122 Å². The van der Waals surface area contributed by atoms with Crippen molar-refractivity contribution >= 4 is 28.9 Å². The highest BCUT2D eigenvalue weighted by Crippen LogP contribution is 2.29. The van der Waals surface area contributed by atoms with E-state index in [-0.39, 0.29) is 0 Å². The summed E-state index contributed by atoms with van der Waals surface area (Å²) < 4.78 is 9.39. The van der Waals surface area contributed by atoms with Crippen molar-refractivity contribution in [3.8, 4) is 0 Å². The summed E-state index contributed by atoms with van der Waals surface area (Å²) in [5.41, 5.74) is 3.83. The molecule has 1 N–H and O–H groups in total. The van der Waals surface area contributed by atoms with Crippen LogP contribution in [-0.4, -0.2) is 31.1 Å². The van der Waals surface area contributed by atoms with Crippen LogP contribution in [0.5, 0.6) is 0 Å². The number of carbonyl (C=O) groups is 2. The number of rotatable bonds is 3. The Morgan fingerprint density at radius 3 is 2.38 bits per heavy atom. The standard InChI is InChI=1S/C16H17NO4/c1-9-5-6-10(2)14-13(9)11(7-8-12(18)20-3)15(17-14)16(19)21-4/h5-8,17H,1-4H3/b8-7+. The minimum atomic E-state index is -0.481. The first-order valence-corrected chi connectivity index (χ1v) is 6.45. The average Bonchev–Trinajstić information content (AvgIpc) is 2.88. The van der Waals surface area contributed by atoms with Crippen LogP contribution in [0.2, 0.25) is 0 Å². The quantitative estimate of drug-likeness (QED) is 0.696. The van der Waals surface area contributed by atoms with Crippen LogP contribution in [0.15, 0.2) is 18.2 Å².